The van der Waals surface area contributed by atoms with Crippen molar-refractivity contribution >= 4 is 0 Å². The summed E-state index contributed by atoms with van der Waals surface area (Å²) in [6.45, 7) is 8.03. The van der Waals surface area contributed by atoms with Crippen molar-refractivity contribution in [3.8, 4) is 0 Å². The summed E-state index contributed by atoms with van der Waals surface area (Å²) in [5, 5.41) is 3.47. The molecule has 0 heterocycles. The van der Waals surface area contributed by atoms with Crippen LogP contribution in [0.3, 0.4) is 0 Å². The molecule has 1 rings (SSSR count). The molecule has 0 radical (unpaired) electrons. The summed E-state index contributed by atoms with van der Waals surface area (Å²) in [4.78, 5) is 2.51. The molecule has 0 aromatic heterocycles. The molecule has 19 heavy (non-hydrogen) atoms. The van der Waals surface area contributed by atoms with E-state index in [4.69, 9.17) is 0 Å². The molecule has 2 unspecified atom stereocenters. The second-order valence-corrected chi connectivity index (χ2v) is 5.56. The van der Waals surface area contributed by atoms with Crippen molar-refractivity contribution in [2.45, 2.75) is 45.7 Å². The lowest BCUT2D eigenvalue weighted by molar-refractivity contribution is 0.184. The number of nitrogens with zero attached hydrogens (tertiary/aromatic N) is 1. The standard InChI is InChI=1S/C17H30N2/c1-6-16(7-2)19(5)13-14(3)17(18-4)15-11-9-8-10-12-15/h8-12,14,16-18H,6-7,13H2,1-5H3. The zero-order valence-electron chi connectivity index (χ0n) is 13.2. The predicted octanol–water partition coefficient (Wildman–Crippen LogP) is 3.70. The van der Waals surface area contributed by atoms with E-state index in [-0.39, 0.29) is 0 Å². The molecule has 0 aliphatic heterocycles. The van der Waals surface area contributed by atoms with Gasteiger partial charge >= 0.3 is 0 Å². The van der Waals surface area contributed by atoms with Crippen LogP contribution in [0.15, 0.2) is 30.3 Å². The first-order valence-electron chi connectivity index (χ1n) is 7.56. The van der Waals surface area contributed by atoms with Crippen LogP contribution in [0.4, 0.5) is 0 Å². The zero-order chi connectivity index (χ0) is 14.3. The van der Waals surface area contributed by atoms with Gasteiger partial charge in [0.25, 0.3) is 0 Å². The Balaban J connectivity index is 2.67. The van der Waals surface area contributed by atoms with Gasteiger partial charge in [0, 0.05) is 18.6 Å². The number of hydrogen-bond donors (Lipinski definition) is 1. The molecule has 2 nitrogen and oxygen atoms in total. The third-order valence-electron chi connectivity index (χ3n) is 4.18. The van der Waals surface area contributed by atoms with E-state index in [2.05, 4.69) is 75.4 Å². The Labute approximate surface area is 119 Å². The van der Waals surface area contributed by atoms with Gasteiger partial charge in [0.15, 0.2) is 0 Å². The van der Waals surface area contributed by atoms with Gasteiger partial charge in [0.1, 0.15) is 0 Å². The summed E-state index contributed by atoms with van der Waals surface area (Å²) in [7, 11) is 4.32. The van der Waals surface area contributed by atoms with Crippen LogP contribution in [-0.4, -0.2) is 31.6 Å². The monoisotopic (exact) mass is 262 g/mol. The summed E-state index contributed by atoms with van der Waals surface area (Å²) in [6, 6.07) is 11.9. The minimum atomic E-state index is 0.429. The highest BCUT2D eigenvalue weighted by molar-refractivity contribution is 5.19. The molecule has 0 saturated carbocycles. The SMILES string of the molecule is CCC(CC)N(C)CC(C)C(NC)c1ccccc1. The van der Waals surface area contributed by atoms with Crippen molar-refractivity contribution in [3.05, 3.63) is 35.9 Å². The lowest BCUT2D eigenvalue weighted by atomic mass is 9.93. The topological polar surface area (TPSA) is 15.3 Å². The van der Waals surface area contributed by atoms with E-state index in [0.29, 0.717) is 18.0 Å². The Kier molecular flexibility index (Phi) is 7.11. The first-order valence-corrected chi connectivity index (χ1v) is 7.56. The molecule has 108 valence electrons. The molecule has 0 spiro atoms. The second kappa shape index (κ2) is 8.34. The highest BCUT2D eigenvalue weighted by Gasteiger charge is 2.21. The van der Waals surface area contributed by atoms with Crippen molar-refractivity contribution in [2.24, 2.45) is 5.92 Å². The van der Waals surface area contributed by atoms with Crippen LogP contribution >= 0.6 is 0 Å². The molecule has 0 aliphatic rings. The van der Waals surface area contributed by atoms with Crippen molar-refractivity contribution in [1.29, 1.82) is 0 Å². The van der Waals surface area contributed by atoms with E-state index in [9.17, 15) is 0 Å². The van der Waals surface area contributed by atoms with Crippen LogP contribution in [0.25, 0.3) is 0 Å². The van der Waals surface area contributed by atoms with Crippen molar-refractivity contribution in [1.82, 2.24) is 10.2 Å². The van der Waals surface area contributed by atoms with E-state index in [0.717, 1.165) is 6.54 Å². The summed E-state index contributed by atoms with van der Waals surface area (Å²) < 4.78 is 0. The maximum absolute atomic E-state index is 3.47. The average molecular weight is 262 g/mol. The fraction of sp³-hybridized carbons (Fsp3) is 0.647. The molecule has 0 aliphatic carbocycles. The van der Waals surface area contributed by atoms with Gasteiger partial charge in [-0.2, -0.15) is 0 Å². The molecular weight excluding hydrogens is 232 g/mol. The molecule has 2 heteroatoms. The van der Waals surface area contributed by atoms with E-state index >= 15 is 0 Å². The smallest absolute Gasteiger partial charge is 0.0355 e. The molecule has 0 amide bonds. The largest absolute Gasteiger partial charge is 0.313 e. The minimum Gasteiger partial charge on any atom is -0.313 e. The Morgan fingerprint density at radius 2 is 1.68 bits per heavy atom. The Morgan fingerprint density at radius 1 is 1.11 bits per heavy atom. The summed E-state index contributed by atoms with van der Waals surface area (Å²) in [5.41, 5.74) is 1.38. The third-order valence-corrected chi connectivity index (χ3v) is 4.18. The maximum Gasteiger partial charge on any atom is 0.0355 e. The number of nitrogens with one attached hydrogen (secondary N) is 1. The van der Waals surface area contributed by atoms with Crippen LogP contribution in [0, 0.1) is 5.92 Å². The van der Waals surface area contributed by atoms with Crippen molar-refractivity contribution in [2.75, 3.05) is 20.6 Å². The first kappa shape index (κ1) is 16.2. The lowest BCUT2D eigenvalue weighted by Crippen LogP contribution is -2.38. The van der Waals surface area contributed by atoms with Crippen LogP contribution in [0.2, 0.25) is 0 Å². The average Bonchev–Trinajstić information content (AvgIpc) is 2.42. The summed E-state index contributed by atoms with van der Waals surface area (Å²) in [6.07, 6.45) is 2.46. The summed E-state index contributed by atoms with van der Waals surface area (Å²) >= 11 is 0. The van der Waals surface area contributed by atoms with Gasteiger partial charge < -0.3 is 10.2 Å². The molecule has 1 N–H and O–H groups in total. The highest BCUT2D eigenvalue weighted by Crippen LogP contribution is 2.23. The van der Waals surface area contributed by atoms with Crippen LogP contribution < -0.4 is 5.32 Å². The molecule has 2 atom stereocenters. The minimum absolute atomic E-state index is 0.429. The van der Waals surface area contributed by atoms with Crippen molar-refractivity contribution in [3.63, 3.8) is 0 Å². The molecule has 1 aromatic rings. The lowest BCUT2D eigenvalue weighted by Gasteiger charge is -2.32. The normalized spacial score (nSPS) is 14.9. The molecule has 1 aromatic carbocycles. The fourth-order valence-corrected chi connectivity index (χ4v) is 3.06. The van der Waals surface area contributed by atoms with Gasteiger partial charge in [0.2, 0.25) is 0 Å². The maximum atomic E-state index is 3.47. The Hall–Kier alpha value is -0.860. The summed E-state index contributed by atoms with van der Waals surface area (Å²) in [5.74, 6) is 0.595. The Morgan fingerprint density at radius 3 is 2.16 bits per heavy atom. The van der Waals surface area contributed by atoms with Crippen LogP contribution in [0.1, 0.15) is 45.2 Å². The van der Waals surface area contributed by atoms with Gasteiger partial charge in [-0.05, 0) is 38.4 Å². The van der Waals surface area contributed by atoms with Gasteiger partial charge in [-0.25, -0.2) is 0 Å². The molecule has 0 fully saturated rings. The van der Waals surface area contributed by atoms with Crippen molar-refractivity contribution < 1.29 is 0 Å². The quantitative estimate of drug-likeness (QED) is 0.768. The molecule has 0 bridgehead atoms. The van der Waals surface area contributed by atoms with Crippen LogP contribution in [-0.2, 0) is 0 Å². The highest BCUT2D eigenvalue weighted by atomic mass is 15.1. The third kappa shape index (κ3) is 4.63. The molecule has 0 saturated heterocycles. The van der Waals surface area contributed by atoms with E-state index < -0.39 is 0 Å². The van der Waals surface area contributed by atoms with Gasteiger partial charge in [-0.15, -0.1) is 0 Å². The Bertz CT molecular complexity index is 332. The van der Waals surface area contributed by atoms with Gasteiger partial charge in [-0.1, -0.05) is 51.1 Å². The first-order chi connectivity index (χ1) is 9.13. The predicted molar refractivity (Wildman–Crippen MR) is 84.4 cm³/mol. The van der Waals surface area contributed by atoms with Crippen LogP contribution in [0.5, 0.6) is 0 Å². The van der Waals surface area contributed by atoms with Gasteiger partial charge in [-0.3, -0.25) is 0 Å². The van der Waals surface area contributed by atoms with E-state index in [1.165, 1.54) is 18.4 Å². The van der Waals surface area contributed by atoms with E-state index in [1.807, 2.05) is 0 Å². The number of rotatable bonds is 8. The number of hydrogen-bond acceptors (Lipinski definition) is 2. The molecular formula is C17H30N2. The van der Waals surface area contributed by atoms with E-state index in [1.54, 1.807) is 0 Å². The zero-order valence-corrected chi connectivity index (χ0v) is 13.2. The fourth-order valence-electron chi connectivity index (χ4n) is 3.06. The number of benzene rings is 1. The second-order valence-electron chi connectivity index (χ2n) is 5.56. The van der Waals surface area contributed by atoms with Gasteiger partial charge in [0.05, 0.1) is 0 Å².